The van der Waals surface area contributed by atoms with Crippen molar-refractivity contribution >= 4 is 21.8 Å². The molecule has 0 aromatic heterocycles. The number of hydrogen-bond acceptors (Lipinski definition) is 3. The molecule has 2 heterocycles. The van der Waals surface area contributed by atoms with Crippen molar-refractivity contribution in [2.45, 2.75) is 24.9 Å². The summed E-state index contributed by atoms with van der Waals surface area (Å²) in [4.78, 5) is 14.3. The molecular formula is C14H16BrNO3. The Hall–Kier alpha value is -1.07. The van der Waals surface area contributed by atoms with Crippen molar-refractivity contribution in [3.63, 3.8) is 0 Å². The number of ether oxygens (including phenoxy) is 1. The molecule has 1 fully saturated rings. The van der Waals surface area contributed by atoms with Crippen LogP contribution in [0.2, 0.25) is 0 Å². The van der Waals surface area contributed by atoms with Gasteiger partial charge in [-0.15, -0.1) is 0 Å². The van der Waals surface area contributed by atoms with E-state index in [-0.39, 0.29) is 17.9 Å². The Balaban J connectivity index is 1.81. The van der Waals surface area contributed by atoms with Crippen LogP contribution in [0, 0.1) is 0 Å². The van der Waals surface area contributed by atoms with E-state index in [1.165, 1.54) is 0 Å². The molecule has 102 valence electrons. The lowest BCUT2D eigenvalue weighted by Crippen LogP contribution is -2.44. The monoisotopic (exact) mass is 325 g/mol. The summed E-state index contributed by atoms with van der Waals surface area (Å²) in [6.45, 7) is 1.58. The first kappa shape index (κ1) is 12.9. The lowest BCUT2D eigenvalue weighted by molar-refractivity contribution is -0.136. The third-order valence-corrected chi connectivity index (χ3v) is 4.25. The lowest BCUT2D eigenvalue weighted by Gasteiger charge is -2.31. The Kier molecular flexibility index (Phi) is 3.50. The quantitative estimate of drug-likeness (QED) is 0.858. The van der Waals surface area contributed by atoms with Gasteiger partial charge in [-0.05, 0) is 31.0 Å². The van der Waals surface area contributed by atoms with Crippen molar-refractivity contribution in [3.05, 3.63) is 28.2 Å². The first-order chi connectivity index (χ1) is 9.15. The molecule has 5 heteroatoms. The minimum absolute atomic E-state index is 0.0654. The second-order valence-electron chi connectivity index (χ2n) is 5.13. The molecule has 4 nitrogen and oxygen atoms in total. The summed E-state index contributed by atoms with van der Waals surface area (Å²) in [7, 11) is 0. The Morgan fingerprint density at radius 3 is 3.11 bits per heavy atom. The molecule has 1 amide bonds. The number of halogens is 1. The zero-order chi connectivity index (χ0) is 13.4. The summed E-state index contributed by atoms with van der Waals surface area (Å²) >= 11 is 3.43. The average Bonchev–Trinajstić information content (AvgIpc) is 2.80. The van der Waals surface area contributed by atoms with Crippen LogP contribution in [0.4, 0.5) is 0 Å². The van der Waals surface area contributed by atoms with Gasteiger partial charge in [0.2, 0.25) is 5.91 Å². The van der Waals surface area contributed by atoms with Crippen LogP contribution >= 0.6 is 15.9 Å². The molecule has 0 aliphatic carbocycles. The third kappa shape index (κ3) is 2.49. The van der Waals surface area contributed by atoms with Gasteiger partial charge in [-0.2, -0.15) is 0 Å². The van der Waals surface area contributed by atoms with Crippen LogP contribution in [-0.2, 0) is 4.79 Å². The predicted molar refractivity (Wildman–Crippen MR) is 74.2 cm³/mol. The first-order valence-electron chi connectivity index (χ1n) is 6.54. The molecule has 0 bridgehead atoms. The lowest BCUT2D eigenvalue weighted by atomic mass is 9.98. The number of hydrogen-bond donors (Lipinski definition) is 1. The van der Waals surface area contributed by atoms with Crippen LogP contribution in [0.15, 0.2) is 22.7 Å². The number of aliphatic hydroxyl groups is 1. The Bertz CT molecular complexity index is 505. The number of amides is 1. The molecule has 0 spiro atoms. The molecule has 2 atom stereocenters. The molecule has 1 aromatic rings. The van der Waals surface area contributed by atoms with Crippen molar-refractivity contribution in [3.8, 4) is 5.75 Å². The summed E-state index contributed by atoms with van der Waals surface area (Å²) in [6.07, 6.45) is 1.26. The molecule has 0 saturated carbocycles. The van der Waals surface area contributed by atoms with E-state index >= 15 is 0 Å². The average molecular weight is 326 g/mol. The van der Waals surface area contributed by atoms with Gasteiger partial charge in [0.15, 0.2) is 0 Å². The van der Waals surface area contributed by atoms with Crippen LogP contribution in [0.5, 0.6) is 5.75 Å². The van der Waals surface area contributed by atoms with E-state index in [0.717, 1.165) is 35.2 Å². The molecule has 1 N–H and O–H groups in total. The molecule has 19 heavy (non-hydrogen) atoms. The Morgan fingerprint density at radius 2 is 2.32 bits per heavy atom. The standard InChI is InChI=1S/C14H16BrNO3/c15-9-3-4-13-11(6-9)12(8-19-13)14(18)16-5-1-2-10(17)7-16/h3-4,6,10,12,17H,1-2,5,7-8H2. The first-order valence-corrected chi connectivity index (χ1v) is 7.33. The highest BCUT2D eigenvalue weighted by Gasteiger charge is 2.35. The molecule has 0 radical (unpaired) electrons. The van der Waals surface area contributed by atoms with Gasteiger partial charge in [-0.3, -0.25) is 4.79 Å². The number of aliphatic hydroxyl groups excluding tert-OH is 1. The second-order valence-corrected chi connectivity index (χ2v) is 6.04. The summed E-state index contributed by atoms with van der Waals surface area (Å²) in [5, 5.41) is 9.68. The van der Waals surface area contributed by atoms with Gasteiger partial charge in [-0.25, -0.2) is 0 Å². The fourth-order valence-electron chi connectivity index (χ4n) is 2.77. The van der Waals surface area contributed by atoms with E-state index in [1.807, 2.05) is 18.2 Å². The van der Waals surface area contributed by atoms with Crippen LogP contribution in [0.1, 0.15) is 24.3 Å². The fraction of sp³-hybridized carbons (Fsp3) is 0.500. The maximum atomic E-state index is 12.5. The highest BCUT2D eigenvalue weighted by atomic mass is 79.9. The second kappa shape index (κ2) is 5.13. The summed E-state index contributed by atoms with van der Waals surface area (Å²) in [5.74, 6) is 0.618. The van der Waals surface area contributed by atoms with Crippen molar-refractivity contribution in [1.29, 1.82) is 0 Å². The summed E-state index contributed by atoms with van der Waals surface area (Å²) < 4.78 is 6.53. The third-order valence-electron chi connectivity index (χ3n) is 3.76. The molecule has 2 aliphatic rings. The number of likely N-dealkylation sites (tertiary alicyclic amines) is 1. The number of carbonyl (C=O) groups is 1. The highest BCUT2D eigenvalue weighted by Crippen LogP contribution is 2.37. The number of carbonyl (C=O) groups excluding carboxylic acids is 1. The van der Waals surface area contributed by atoms with Gasteiger partial charge in [0.25, 0.3) is 0 Å². The number of rotatable bonds is 1. The minimum Gasteiger partial charge on any atom is -0.492 e. The normalized spacial score (nSPS) is 25.9. The number of nitrogens with zero attached hydrogens (tertiary/aromatic N) is 1. The summed E-state index contributed by atoms with van der Waals surface area (Å²) in [5.41, 5.74) is 0.944. The van der Waals surface area contributed by atoms with E-state index in [2.05, 4.69) is 15.9 Å². The maximum absolute atomic E-state index is 12.5. The van der Waals surface area contributed by atoms with Crippen LogP contribution in [-0.4, -0.2) is 41.7 Å². The van der Waals surface area contributed by atoms with E-state index in [0.29, 0.717) is 13.2 Å². The van der Waals surface area contributed by atoms with Gasteiger partial charge >= 0.3 is 0 Å². The van der Waals surface area contributed by atoms with E-state index in [9.17, 15) is 9.90 Å². The highest BCUT2D eigenvalue weighted by molar-refractivity contribution is 9.10. The SMILES string of the molecule is O=C(C1COc2ccc(Br)cc21)N1CCCC(O)C1. The largest absolute Gasteiger partial charge is 0.492 e. The van der Waals surface area contributed by atoms with Gasteiger partial charge in [0, 0.05) is 23.1 Å². The molecule has 2 aliphatic heterocycles. The Morgan fingerprint density at radius 1 is 1.47 bits per heavy atom. The minimum atomic E-state index is -0.387. The smallest absolute Gasteiger partial charge is 0.233 e. The number of piperidine rings is 1. The van der Waals surface area contributed by atoms with Crippen LogP contribution in [0.25, 0.3) is 0 Å². The molecular weight excluding hydrogens is 310 g/mol. The van der Waals surface area contributed by atoms with Crippen molar-refractivity contribution in [2.24, 2.45) is 0 Å². The number of fused-ring (bicyclic) bond motifs is 1. The zero-order valence-corrected chi connectivity index (χ0v) is 12.1. The van der Waals surface area contributed by atoms with Crippen LogP contribution < -0.4 is 4.74 Å². The zero-order valence-electron chi connectivity index (χ0n) is 10.5. The predicted octanol–water partition coefficient (Wildman–Crippen LogP) is 1.91. The maximum Gasteiger partial charge on any atom is 0.233 e. The van der Waals surface area contributed by atoms with Crippen LogP contribution in [0.3, 0.4) is 0 Å². The molecule has 1 saturated heterocycles. The van der Waals surface area contributed by atoms with Gasteiger partial charge < -0.3 is 14.7 Å². The van der Waals surface area contributed by atoms with Crippen molar-refractivity contribution in [2.75, 3.05) is 19.7 Å². The van der Waals surface area contributed by atoms with Gasteiger partial charge in [0.05, 0.1) is 6.10 Å². The summed E-state index contributed by atoms with van der Waals surface area (Å²) in [6, 6.07) is 5.75. The Labute approximate surface area is 120 Å². The van der Waals surface area contributed by atoms with E-state index < -0.39 is 0 Å². The van der Waals surface area contributed by atoms with Crippen molar-refractivity contribution < 1.29 is 14.6 Å². The molecule has 1 aromatic carbocycles. The molecule has 2 unspecified atom stereocenters. The molecule has 3 rings (SSSR count). The van der Waals surface area contributed by atoms with Crippen molar-refractivity contribution in [1.82, 2.24) is 4.90 Å². The van der Waals surface area contributed by atoms with Gasteiger partial charge in [0.1, 0.15) is 18.3 Å². The van der Waals surface area contributed by atoms with E-state index in [4.69, 9.17) is 4.74 Å². The fourth-order valence-corrected chi connectivity index (χ4v) is 3.14. The number of benzene rings is 1. The topological polar surface area (TPSA) is 49.8 Å². The van der Waals surface area contributed by atoms with E-state index in [1.54, 1.807) is 4.90 Å². The van der Waals surface area contributed by atoms with Gasteiger partial charge in [-0.1, -0.05) is 15.9 Å². The number of β-amino-alcohol motifs (C(OH)–C–C–N with tert-alkyl or cyclic N) is 1.